The Kier molecular flexibility index (Phi) is 2.83. The van der Waals surface area contributed by atoms with E-state index in [1.165, 1.54) is 17.7 Å². The van der Waals surface area contributed by atoms with Gasteiger partial charge in [0.05, 0.1) is 17.6 Å². The molecule has 0 N–H and O–H groups in total. The van der Waals surface area contributed by atoms with Crippen molar-refractivity contribution in [3.63, 3.8) is 0 Å². The first kappa shape index (κ1) is 10.3. The van der Waals surface area contributed by atoms with Crippen LogP contribution < -0.4 is 0 Å². The van der Waals surface area contributed by atoms with Gasteiger partial charge in [-0.15, -0.1) is 11.3 Å². The summed E-state index contributed by atoms with van der Waals surface area (Å²) in [5.41, 5.74) is 0.433. The van der Waals surface area contributed by atoms with Crippen molar-refractivity contribution in [3.05, 3.63) is 22.4 Å². The molecule has 2 aromatic rings. The van der Waals surface area contributed by atoms with Gasteiger partial charge in [0.2, 0.25) is 0 Å². The Balaban J connectivity index is 2.57. The van der Waals surface area contributed by atoms with Crippen LogP contribution in [0.1, 0.15) is 17.3 Å². The molecule has 0 bridgehead atoms. The largest absolute Gasteiger partial charge is 0.462 e. The van der Waals surface area contributed by atoms with Gasteiger partial charge < -0.3 is 4.74 Å². The molecule has 0 saturated heterocycles. The minimum absolute atomic E-state index is 0.282. The van der Waals surface area contributed by atoms with Crippen LogP contribution >= 0.6 is 22.9 Å². The van der Waals surface area contributed by atoms with Gasteiger partial charge in [-0.2, -0.15) is 0 Å². The Morgan fingerprint density at radius 1 is 1.60 bits per heavy atom. The first-order valence-corrected chi connectivity index (χ1v) is 5.54. The molecule has 0 atom stereocenters. The van der Waals surface area contributed by atoms with Gasteiger partial charge in [-0.1, -0.05) is 11.6 Å². The van der Waals surface area contributed by atoms with Crippen LogP contribution in [-0.4, -0.2) is 22.5 Å². The van der Waals surface area contributed by atoms with Crippen LogP contribution in [0.3, 0.4) is 0 Å². The van der Waals surface area contributed by atoms with Crippen LogP contribution in [0.5, 0.6) is 0 Å². The van der Waals surface area contributed by atoms with Crippen molar-refractivity contribution >= 4 is 39.1 Å². The van der Waals surface area contributed by atoms with Crippen LogP contribution in [-0.2, 0) is 4.74 Å². The maximum absolute atomic E-state index is 11.5. The smallest absolute Gasteiger partial charge is 0.339 e. The minimum atomic E-state index is -0.388. The number of fused-ring (bicyclic) bond motifs is 1. The van der Waals surface area contributed by atoms with Crippen LogP contribution in [0.15, 0.2) is 11.7 Å². The lowest BCUT2D eigenvalue weighted by molar-refractivity contribution is 0.0529. The Bertz CT molecular complexity index is 512. The first-order valence-electron chi connectivity index (χ1n) is 4.29. The summed E-state index contributed by atoms with van der Waals surface area (Å²) >= 11 is 7.24. The number of nitrogens with zero attached hydrogens (tertiary/aromatic N) is 2. The average Bonchev–Trinajstić information content (AvgIpc) is 2.63. The lowest BCUT2D eigenvalue weighted by Crippen LogP contribution is -2.03. The third kappa shape index (κ3) is 1.80. The number of thiophene rings is 1. The van der Waals surface area contributed by atoms with Crippen molar-refractivity contribution in [1.29, 1.82) is 0 Å². The van der Waals surface area contributed by atoms with E-state index >= 15 is 0 Å². The zero-order valence-corrected chi connectivity index (χ0v) is 9.43. The molecule has 2 heterocycles. The maximum atomic E-state index is 11.5. The summed E-state index contributed by atoms with van der Waals surface area (Å²) in [6.45, 7) is 2.09. The molecule has 0 saturated carbocycles. The van der Waals surface area contributed by atoms with E-state index in [1.807, 2.05) is 0 Å². The first-order chi connectivity index (χ1) is 7.24. The number of hydrogen-bond donors (Lipinski definition) is 0. The average molecular weight is 243 g/mol. The molecule has 4 nitrogen and oxygen atoms in total. The molecule has 0 aliphatic heterocycles. The number of ether oxygens (including phenoxy) is 1. The molecule has 0 amide bonds. The summed E-state index contributed by atoms with van der Waals surface area (Å²) in [4.78, 5) is 20.1. The second-order valence-electron chi connectivity index (χ2n) is 2.71. The molecule has 0 aromatic carbocycles. The van der Waals surface area contributed by atoms with Crippen LogP contribution in [0.4, 0.5) is 0 Å². The van der Waals surface area contributed by atoms with Crippen molar-refractivity contribution in [2.45, 2.75) is 6.92 Å². The Labute approximate surface area is 94.9 Å². The minimum Gasteiger partial charge on any atom is -0.462 e. The van der Waals surface area contributed by atoms with Crippen LogP contribution in [0, 0.1) is 0 Å². The van der Waals surface area contributed by atoms with Crippen molar-refractivity contribution in [1.82, 2.24) is 9.97 Å². The standard InChI is InChI=1S/C9H7ClN2O2S/c1-2-14-9(13)5-3-15-8-6(5)7(10)11-4-12-8/h3-4H,2H2,1H3. The maximum Gasteiger partial charge on any atom is 0.339 e. The van der Waals surface area contributed by atoms with E-state index in [0.717, 1.165) is 0 Å². The quantitative estimate of drug-likeness (QED) is 0.600. The van der Waals surface area contributed by atoms with E-state index in [-0.39, 0.29) is 11.1 Å². The predicted molar refractivity (Wildman–Crippen MR) is 58.4 cm³/mol. The second-order valence-corrected chi connectivity index (χ2v) is 3.93. The molecule has 15 heavy (non-hydrogen) atoms. The Hall–Kier alpha value is -1.20. The molecule has 0 radical (unpaired) electrons. The molecule has 78 valence electrons. The van der Waals surface area contributed by atoms with E-state index < -0.39 is 0 Å². The molecule has 0 fully saturated rings. The van der Waals surface area contributed by atoms with Gasteiger partial charge in [-0.3, -0.25) is 0 Å². The summed E-state index contributed by atoms with van der Waals surface area (Å²) in [7, 11) is 0. The second kappa shape index (κ2) is 4.12. The van der Waals surface area contributed by atoms with Gasteiger partial charge in [-0.25, -0.2) is 14.8 Å². The number of carbonyl (C=O) groups is 1. The monoisotopic (exact) mass is 242 g/mol. The van der Waals surface area contributed by atoms with E-state index in [2.05, 4.69) is 9.97 Å². The van der Waals surface area contributed by atoms with Gasteiger partial charge in [-0.05, 0) is 6.92 Å². The van der Waals surface area contributed by atoms with Crippen LogP contribution in [0.25, 0.3) is 10.2 Å². The lowest BCUT2D eigenvalue weighted by atomic mass is 10.2. The Morgan fingerprint density at radius 3 is 3.13 bits per heavy atom. The van der Waals surface area contributed by atoms with E-state index in [4.69, 9.17) is 16.3 Å². The van der Waals surface area contributed by atoms with Gasteiger partial charge in [0, 0.05) is 5.38 Å². The summed E-state index contributed by atoms with van der Waals surface area (Å²) in [6, 6.07) is 0. The topological polar surface area (TPSA) is 52.1 Å². The number of carbonyl (C=O) groups excluding carboxylic acids is 1. The highest BCUT2D eigenvalue weighted by Crippen LogP contribution is 2.29. The normalized spacial score (nSPS) is 10.5. The molecule has 0 spiro atoms. The summed E-state index contributed by atoms with van der Waals surface area (Å²) in [5.74, 6) is -0.388. The lowest BCUT2D eigenvalue weighted by Gasteiger charge is -1.99. The fourth-order valence-electron chi connectivity index (χ4n) is 1.20. The SMILES string of the molecule is CCOC(=O)c1csc2ncnc(Cl)c12. The van der Waals surface area contributed by atoms with E-state index in [0.29, 0.717) is 22.4 Å². The number of aromatic nitrogens is 2. The summed E-state index contributed by atoms with van der Waals surface area (Å²) in [5, 5.41) is 2.54. The van der Waals surface area contributed by atoms with Crippen LogP contribution in [0.2, 0.25) is 5.15 Å². The predicted octanol–water partition coefficient (Wildman–Crippen LogP) is 2.52. The fourth-order valence-corrected chi connectivity index (χ4v) is 2.36. The zero-order valence-electron chi connectivity index (χ0n) is 7.86. The van der Waals surface area contributed by atoms with Gasteiger partial charge in [0.15, 0.2) is 0 Å². The zero-order chi connectivity index (χ0) is 10.8. The highest BCUT2D eigenvalue weighted by Gasteiger charge is 2.16. The third-order valence-electron chi connectivity index (χ3n) is 1.82. The summed E-state index contributed by atoms with van der Waals surface area (Å²) in [6.07, 6.45) is 1.37. The molecule has 0 aliphatic rings. The van der Waals surface area contributed by atoms with Gasteiger partial charge >= 0.3 is 5.97 Å². The number of esters is 1. The van der Waals surface area contributed by atoms with Crippen molar-refractivity contribution in [2.24, 2.45) is 0 Å². The molecule has 0 aliphatic carbocycles. The summed E-state index contributed by atoms with van der Waals surface area (Å²) < 4.78 is 4.90. The van der Waals surface area contributed by atoms with Gasteiger partial charge in [0.1, 0.15) is 16.3 Å². The molecule has 0 unspecified atom stereocenters. The van der Waals surface area contributed by atoms with E-state index in [1.54, 1.807) is 12.3 Å². The highest BCUT2D eigenvalue weighted by atomic mass is 35.5. The molecular weight excluding hydrogens is 236 g/mol. The van der Waals surface area contributed by atoms with Crippen molar-refractivity contribution in [2.75, 3.05) is 6.61 Å². The highest BCUT2D eigenvalue weighted by molar-refractivity contribution is 7.17. The molecule has 2 aromatic heterocycles. The van der Waals surface area contributed by atoms with Crippen molar-refractivity contribution < 1.29 is 9.53 Å². The molecule has 2 rings (SSSR count). The fraction of sp³-hybridized carbons (Fsp3) is 0.222. The number of halogens is 1. The Morgan fingerprint density at radius 2 is 2.40 bits per heavy atom. The van der Waals surface area contributed by atoms with E-state index in [9.17, 15) is 4.79 Å². The van der Waals surface area contributed by atoms with Gasteiger partial charge in [0.25, 0.3) is 0 Å². The number of rotatable bonds is 2. The number of hydrogen-bond acceptors (Lipinski definition) is 5. The molecule has 6 heteroatoms. The van der Waals surface area contributed by atoms with Crippen molar-refractivity contribution in [3.8, 4) is 0 Å². The third-order valence-corrected chi connectivity index (χ3v) is 2.99. The molecular formula is C9H7ClN2O2S.